The summed E-state index contributed by atoms with van der Waals surface area (Å²) in [6.07, 6.45) is 3.56. The van der Waals surface area contributed by atoms with E-state index in [1.807, 2.05) is 11.6 Å². The number of imidazole rings is 1. The lowest BCUT2D eigenvalue weighted by atomic mass is 10.0. The Labute approximate surface area is 176 Å². The van der Waals surface area contributed by atoms with E-state index in [0.29, 0.717) is 17.3 Å². The summed E-state index contributed by atoms with van der Waals surface area (Å²) in [7, 11) is 4.94. The van der Waals surface area contributed by atoms with Crippen LogP contribution >= 0.6 is 15.9 Å². The minimum atomic E-state index is -0.512. The van der Waals surface area contributed by atoms with Gasteiger partial charge in [-0.15, -0.1) is 0 Å². The highest BCUT2D eigenvalue weighted by atomic mass is 79.9. The Balaban J connectivity index is 1.86. The number of benzene rings is 2. The normalized spacial score (nSPS) is 11.8. The van der Waals surface area contributed by atoms with Crippen molar-refractivity contribution in [1.29, 1.82) is 0 Å². The number of aromatic nitrogens is 2. The van der Waals surface area contributed by atoms with E-state index >= 15 is 0 Å². The zero-order chi connectivity index (χ0) is 21.0. The van der Waals surface area contributed by atoms with E-state index in [1.54, 1.807) is 50.9 Å². The fourth-order valence-corrected chi connectivity index (χ4v) is 3.49. The van der Waals surface area contributed by atoms with E-state index in [9.17, 15) is 9.18 Å². The maximum Gasteiger partial charge on any atom is 0.225 e. The Morgan fingerprint density at radius 3 is 2.45 bits per heavy atom. The molecule has 0 unspecified atom stereocenters. The van der Waals surface area contributed by atoms with E-state index in [0.717, 1.165) is 15.6 Å². The van der Waals surface area contributed by atoms with Crippen molar-refractivity contribution < 1.29 is 18.7 Å². The number of hydrogen-bond donors (Lipinski definition) is 1. The van der Waals surface area contributed by atoms with Crippen LogP contribution in [0, 0.1) is 5.82 Å². The number of nitrogens with zero attached hydrogens (tertiary/aromatic N) is 2. The molecular formula is C21H21BrFN3O3. The van der Waals surface area contributed by atoms with Gasteiger partial charge in [-0.3, -0.25) is 4.79 Å². The lowest BCUT2D eigenvalue weighted by Gasteiger charge is -2.20. The largest absolute Gasteiger partial charge is 0.493 e. The molecule has 0 aliphatic heterocycles. The highest BCUT2D eigenvalue weighted by Gasteiger charge is 2.22. The molecule has 0 aliphatic carbocycles. The van der Waals surface area contributed by atoms with Crippen LogP contribution in [0.2, 0.25) is 0 Å². The van der Waals surface area contributed by atoms with Crippen molar-refractivity contribution >= 4 is 21.8 Å². The van der Waals surface area contributed by atoms with Crippen LogP contribution in [-0.2, 0) is 18.3 Å². The number of halogens is 2. The number of methoxy groups -OCH3 is 2. The third kappa shape index (κ3) is 4.76. The fraction of sp³-hybridized carbons (Fsp3) is 0.238. The Kier molecular flexibility index (Phi) is 6.53. The van der Waals surface area contributed by atoms with E-state index in [2.05, 4.69) is 26.2 Å². The van der Waals surface area contributed by atoms with Gasteiger partial charge < -0.3 is 19.4 Å². The number of carbonyl (C=O) groups excluding carboxylic acids is 1. The van der Waals surface area contributed by atoms with Crippen molar-refractivity contribution in [2.24, 2.45) is 7.05 Å². The smallest absolute Gasteiger partial charge is 0.225 e. The van der Waals surface area contributed by atoms with Gasteiger partial charge in [0.15, 0.2) is 11.5 Å². The molecule has 1 aromatic heterocycles. The Morgan fingerprint density at radius 2 is 1.86 bits per heavy atom. The highest BCUT2D eigenvalue weighted by molar-refractivity contribution is 9.10. The molecule has 2 aromatic carbocycles. The van der Waals surface area contributed by atoms with Gasteiger partial charge >= 0.3 is 0 Å². The molecule has 0 saturated heterocycles. The van der Waals surface area contributed by atoms with Gasteiger partial charge in [-0.2, -0.15) is 0 Å². The molecule has 0 bridgehead atoms. The summed E-state index contributed by atoms with van der Waals surface area (Å²) in [5.74, 6) is 1.21. The molecule has 0 spiro atoms. The molecule has 0 radical (unpaired) electrons. The second-order valence-electron chi connectivity index (χ2n) is 6.42. The molecule has 0 aliphatic rings. The number of ether oxygens (including phenoxy) is 2. The van der Waals surface area contributed by atoms with Crippen LogP contribution in [0.25, 0.3) is 0 Å². The summed E-state index contributed by atoms with van der Waals surface area (Å²) < 4.78 is 26.5. The number of aryl methyl sites for hydroxylation is 1. The predicted octanol–water partition coefficient (Wildman–Crippen LogP) is 3.79. The summed E-state index contributed by atoms with van der Waals surface area (Å²) in [4.78, 5) is 17.2. The van der Waals surface area contributed by atoms with Gasteiger partial charge in [-0.25, -0.2) is 9.37 Å². The predicted molar refractivity (Wildman–Crippen MR) is 111 cm³/mol. The molecule has 152 valence electrons. The van der Waals surface area contributed by atoms with Crippen molar-refractivity contribution in [3.8, 4) is 11.5 Å². The minimum Gasteiger partial charge on any atom is -0.493 e. The van der Waals surface area contributed by atoms with Crippen LogP contribution in [-0.4, -0.2) is 29.7 Å². The van der Waals surface area contributed by atoms with Gasteiger partial charge in [-0.1, -0.05) is 28.1 Å². The summed E-state index contributed by atoms with van der Waals surface area (Å²) in [6, 6.07) is 9.02. The summed E-state index contributed by atoms with van der Waals surface area (Å²) in [5.41, 5.74) is 1.48. The number of nitrogens with one attached hydrogen (secondary N) is 1. The first-order valence-corrected chi connectivity index (χ1v) is 9.64. The van der Waals surface area contributed by atoms with Gasteiger partial charge in [0, 0.05) is 23.9 Å². The monoisotopic (exact) mass is 461 g/mol. The van der Waals surface area contributed by atoms with Crippen LogP contribution in [0.5, 0.6) is 11.5 Å². The summed E-state index contributed by atoms with van der Waals surface area (Å²) in [5, 5.41) is 3.00. The minimum absolute atomic E-state index is 0.114. The quantitative estimate of drug-likeness (QED) is 0.581. The van der Waals surface area contributed by atoms with Crippen LogP contribution in [0.15, 0.2) is 53.3 Å². The molecule has 6 nitrogen and oxygen atoms in total. The molecule has 0 fully saturated rings. The number of carbonyl (C=O) groups is 1. The molecule has 29 heavy (non-hydrogen) atoms. The van der Waals surface area contributed by atoms with Gasteiger partial charge in [0.1, 0.15) is 17.7 Å². The number of amides is 1. The average Bonchev–Trinajstić information content (AvgIpc) is 3.13. The lowest BCUT2D eigenvalue weighted by molar-refractivity contribution is -0.121. The second-order valence-corrected chi connectivity index (χ2v) is 7.28. The average molecular weight is 462 g/mol. The molecule has 1 N–H and O–H groups in total. The highest BCUT2D eigenvalue weighted by Crippen LogP contribution is 2.33. The van der Waals surface area contributed by atoms with Crippen molar-refractivity contribution in [1.82, 2.24) is 14.9 Å². The zero-order valence-electron chi connectivity index (χ0n) is 16.3. The van der Waals surface area contributed by atoms with Crippen molar-refractivity contribution in [2.45, 2.75) is 12.5 Å². The van der Waals surface area contributed by atoms with Gasteiger partial charge in [-0.05, 0) is 35.4 Å². The molecular weight excluding hydrogens is 441 g/mol. The van der Waals surface area contributed by atoms with Crippen LogP contribution in [0.4, 0.5) is 4.39 Å². The first-order valence-electron chi connectivity index (χ1n) is 8.85. The number of hydrogen-bond acceptors (Lipinski definition) is 4. The Morgan fingerprint density at radius 1 is 1.21 bits per heavy atom. The first kappa shape index (κ1) is 20.9. The molecule has 3 aromatic rings. The Bertz CT molecular complexity index is 1000. The van der Waals surface area contributed by atoms with Crippen LogP contribution in [0.3, 0.4) is 0 Å². The SMILES string of the molecule is COc1cc(Br)c(CC(=O)N[C@H](c2ccc(F)cc2)c2nccn2C)cc1OC. The fourth-order valence-electron chi connectivity index (χ4n) is 3.02. The standard InChI is InChI=1S/C21H21BrFN3O3/c1-26-9-8-24-21(26)20(13-4-6-15(23)7-5-13)25-19(27)11-14-10-17(28-2)18(29-3)12-16(14)22/h4-10,12,20H,11H2,1-3H3,(H,25,27)/t20-/m1/s1. The molecule has 1 amide bonds. The van der Waals surface area contributed by atoms with Gasteiger partial charge in [0.05, 0.1) is 20.6 Å². The van der Waals surface area contributed by atoms with Gasteiger partial charge in [0.25, 0.3) is 0 Å². The maximum absolute atomic E-state index is 13.4. The van der Waals surface area contributed by atoms with E-state index in [4.69, 9.17) is 9.47 Å². The van der Waals surface area contributed by atoms with Crippen molar-refractivity contribution in [3.05, 3.63) is 76.0 Å². The summed E-state index contributed by atoms with van der Waals surface area (Å²) in [6.45, 7) is 0. The van der Waals surface area contributed by atoms with Crippen LogP contribution < -0.4 is 14.8 Å². The van der Waals surface area contributed by atoms with E-state index in [-0.39, 0.29) is 18.1 Å². The lowest BCUT2D eigenvalue weighted by Crippen LogP contribution is -2.32. The third-order valence-electron chi connectivity index (χ3n) is 4.53. The van der Waals surface area contributed by atoms with E-state index in [1.165, 1.54) is 12.1 Å². The molecule has 1 heterocycles. The topological polar surface area (TPSA) is 65.4 Å². The molecule has 1 atom stereocenters. The second kappa shape index (κ2) is 9.09. The first-order chi connectivity index (χ1) is 13.9. The molecule has 8 heteroatoms. The van der Waals surface area contributed by atoms with Crippen molar-refractivity contribution in [3.63, 3.8) is 0 Å². The summed E-state index contributed by atoms with van der Waals surface area (Å²) >= 11 is 3.48. The Hall–Kier alpha value is -2.87. The van der Waals surface area contributed by atoms with Gasteiger partial charge in [0.2, 0.25) is 5.91 Å². The van der Waals surface area contributed by atoms with E-state index < -0.39 is 6.04 Å². The zero-order valence-corrected chi connectivity index (χ0v) is 17.9. The third-order valence-corrected chi connectivity index (χ3v) is 5.27. The maximum atomic E-state index is 13.4. The molecule has 3 rings (SSSR count). The van der Waals surface area contributed by atoms with Crippen molar-refractivity contribution in [2.75, 3.05) is 14.2 Å². The number of rotatable bonds is 7. The van der Waals surface area contributed by atoms with Crippen LogP contribution in [0.1, 0.15) is 23.0 Å². The molecule has 0 saturated carbocycles.